The zero-order valence-electron chi connectivity index (χ0n) is 13.0. The minimum atomic E-state index is -3.77. The molecule has 0 saturated carbocycles. The van der Waals surface area contributed by atoms with Crippen molar-refractivity contribution in [3.63, 3.8) is 0 Å². The van der Waals surface area contributed by atoms with Gasteiger partial charge in [-0.1, -0.05) is 32.0 Å². The first-order valence-corrected chi connectivity index (χ1v) is 8.91. The van der Waals surface area contributed by atoms with Crippen LogP contribution in [0.15, 0.2) is 53.8 Å². The van der Waals surface area contributed by atoms with Crippen LogP contribution in [0.1, 0.15) is 31.7 Å². The van der Waals surface area contributed by atoms with Crippen LogP contribution in [0.3, 0.4) is 0 Å². The van der Waals surface area contributed by atoms with Gasteiger partial charge in [-0.2, -0.15) is 13.5 Å². The molecule has 6 nitrogen and oxygen atoms in total. The fraction of sp³-hybridized carbons (Fsp3) is 0.250. The highest BCUT2D eigenvalue weighted by Gasteiger charge is 2.22. The largest absolute Gasteiger partial charge is 0.281 e. The maximum atomic E-state index is 12.7. The highest BCUT2D eigenvalue weighted by Crippen LogP contribution is 2.28. The molecular weight excluding hydrogens is 312 g/mol. The summed E-state index contributed by atoms with van der Waals surface area (Å²) in [6.45, 7) is 4.15. The molecule has 0 saturated heterocycles. The number of fused-ring (bicyclic) bond motifs is 1. The number of benzene rings is 1. The molecular formula is C16H18N4O2S. The van der Waals surface area contributed by atoms with Crippen LogP contribution >= 0.6 is 0 Å². The number of rotatable bonds is 5. The molecule has 0 bridgehead atoms. The smallest absolute Gasteiger partial charge is 0.278 e. The van der Waals surface area contributed by atoms with Crippen LogP contribution in [0.25, 0.3) is 5.65 Å². The van der Waals surface area contributed by atoms with Gasteiger partial charge in [0.1, 0.15) is 0 Å². The van der Waals surface area contributed by atoms with Crippen molar-refractivity contribution in [1.82, 2.24) is 14.6 Å². The Labute approximate surface area is 135 Å². The average Bonchev–Trinajstić information content (AvgIpc) is 2.99. The van der Waals surface area contributed by atoms with E-state index < -0.39 is 10.0 Å². The van der Waals surface area contributed by atoms with Gasteiger partial charge in [-0.05, 0) is 36.1 Å². The van der Waals surface area contributed by atoms with Crippen molar-refractivity contribution in [2.24, 2.45) is 0 Å². The number of hydrogen-bond acceptors (Lipinski definition) is 4. The second-order valence-corrected chi connectivity index (χ2v) is 7.02. The van der Waals surface area contributed by atoms with Crippen LogP contribution in [0.4, 0.5) is 5.69 Å². The summed E-state index contributed by atoms with van der Waals surface area (Å²) in [5.41, 5.74) is 2.05. The van der Waals surface area contributed by atoms with Crippen LogP contribution in [0.5, 0.6) is 0 Å². The lowest BCUT2D eigenvalue weighted by molar-refractivity contribution is 0.593. The van der Waals surface area contributed by atoms with Crippen molar-refractivity contribution in [3.05, 3.63) is 54.4 Å². The minimum absolute atomic E-state index is 0.0204. The first-order chi connectivity index (χ1) is 11.0. The third-order valence-corrected chi connectivity index (χ3v) is 5.19. The molecule has 1 atom stereocenters. The number of nitrogens with one attached hydrogen (secondary N) is 1. The second kappa shape index (κ2) is 6.00. The molecule has 0 radical (unpaired) electrons. The van der Waals surface area contributed by atoms with Gasteiger partial charge >= 0.3 is 0 Å². The van der Waals surface area contributed by atoms with E-state index in [9.17, 15) is 8.42 Å². The predicted octanol–water partition coefficient (Wildman–Crippen LogP) is 3.04. The van der Waals surface area contributed by atoms with E-state index in [0.717, 1.165) is 12.0 Å². The zero-order chi connectivity index (χ0) is 16.4. The van der Waals surface area contributed by atoms with Crippen molar-refractivity contribution in [3.8, 4) is 0 Å². The van der Waals surface area contributed by atoms with E-state index in [2.05, 4.69) is 28.7 Å². The Kier molecular flexibility index (Phi) is 4.04. The summed E-state index contributed by atoms with van der Waals surface area (Å²) in [6, 6.07) is 10.9. The van der Waals surface area contributed by atoms with Crippen LogP contribution in [0, 0.1) is 0 Å². The summed E-state index contributed by atoms with van der Waals surface area (Å²) < 4.78 is 29.4. The van der Waals surface area contributed by atoms with E-state index in [1.54, 1.807) is 18.2 Å². The zero-order valence-corrected chi connectivity index (χ0v) is 13.8. The van der Waals surface area contributed by atoms with Gasteiger partial charge in [0.25, 0.3) is 10.0 Å². The number of nitrogens with zero attached hydrogens (tertiary/aromatic N) is 3. The molecule has 2 heterocycles. The lowest BCUT2D eigenvalue weighted by Gasteiger charge is -2.16. The molecule has 0 amide bonds. The van der Waals surface area contributed by atoms with Crippen LogP contribution in [0.2, 0.25) is 0 Å². The summed E-state index contributed by atoms with van der Waals surface area (Å²) in [7, 11) is -3.77. The SMILES string of the molecule is CCC(C)c1ccccc1NS(=O)(=O)c1cnc2cccnn12. The maximum Gasteiger partial charge on any atom is 0.281 e. The van der Waals surface area contributed by atoms with Crippen molar-refractivity contribution in [2.45, 2.75) is 31.2 Å². The molecule has 0 aliphatic rings. The first-order valence-electron chi connectivity index (χ1n) is 7.43. The lowest BCUT2D eigenvalue weighted by atomic mass is 9.97. The molecule has 0 spiro atoms. The number of aromatic nitrogens is 3. The van der Waals surface area contributed by atoms with Gasteiger partial charge in [0.05, 0.1) is 11.9 Å². The van der Waals surface area contributed by atoms with Crippen LogP contribution in [-0.4, -0.2) is 23.0 Å². The molecule has 1 aromatic carbocycles. The molecule has 23 heavy (non-hydrogen) atoms. The van der Waals surface area contributed by atoms with Gasteiger partial charge in [-0.3, -0.25) is 4.72 Å². The number of sulfonamides is 1. The molecule has 0 aliphatic heterocycles. The van der Waals surface area contributed by atoms with Gasteiger partial charge in [0.2, 0.25) is 0 Å². The molecule has 3 rings (SSSR count). The van der Waals surface area contributed by atoms with Gasteiger partial charge in [-0.15, -0.1) is 0 Å². The summed E-state index contributed by atoms with van der Waals surface area (Å²) in [4.78, 5) is 4.08. The van der Waals surface area contributed by atoms with E-state index in [1.165, 1.54) is 16.9 Å². The molecule has 1 unspecified atom stereocenters. The Morgan fingerprint density at radius 1 is 1.22 bits per heavy atom. The standard InChI is InChI=1S/C16H18N4O2S/c1-3-12(2)13-7-4-5-8-14(13)19-23(21,22)16-11-17-15-9-6-10-18-20(15)16/h4-12,19H,3H2,1-2H3. The average molecular weight is 330 g/mol. The van der Waals surface area contributed by atoms with Crippen LogP contribution in [-0.2, 0) is 10.0 Å². The number of imidazole rings is 1. The van der Waals surface area contributed by atoms with Crippen LogP contribution < -0.4 is 4.72 Å². The normalized spacial score (nSPS) is 13.1. The monoisotopic (exact) mass is 330 g/mol. The Morgan fingerprint density at radius 3 is 2.78 bits per heavy atom. The Morgan fingerprint density at radius 2 is 2.00 bits per heavy atom. The summed E-state index contributed by atoms with van der Waals surface area (Å²) in [5, 5.41) is 4.08. The molecule has 3 aromatic rings. The molecule has 0 aliphatic carbocycles. The van der Waals surface area contributed by atoms with E-state index in [4.69, 9.17) is 0 Å². The first kappa shape index (κ1) is 15.5. The minimum Gasteiger partial charge on any atom is -0.278 e. The predicted molar refractivity (Wildman–Crippen MR) is 88.9 cm³/mol. The fourth-order valence-electron chi connectivity index (χ4n) is 2.43. The molecule has 2 aromatic heterocycles. The highest BCUT2D eigenvalue weighted by atomic mass is 32.2. The maximum absolute atomic E-state index is 12.7. The van der Waals surface area contributed by atoms with Gasteiger partial charge in [-0.25, -0.2) is 9.50 Å². The second-order valence-electron chi connectivity index (χ2n) is 5.39. The summed E-state index contributed by atoms with van der Waals surface area (Å²) in [5.74, 6) is 0.259. The highest BCUT2D eigenvalue weighted by molar-refractivity contribution is 7.92. The van der Waals surface area contributed by atoms with Gasteiger partial charge in [0.15, 0.2) is 10.7 Å². The van der Waals surface area contributed by atoms with E-state index >= 15 is 0 Å². The summed E-state index contributed by atoms with van der Waals surface area (Å²) >= 11 is 0. The molecule has 1 N–H and O–H groups in total. The number of hydrogen-bond donors (Lipinski definition) is 1. The van der Waals surface area contributed by atoms with E-state index in [0.29, 0.717) is 11.3 Å². The van der Waals surface area contributed by atoms with Crippen molar-refractivity contribution in [2.75, 3.05) is 4.72 Å². The third kappa shape index (κ3) is 2.92. The van der Waals surface area contributed by atoms with Crippen molar-refractivity contribution < 1.29 is 8.42 Å². The fourth-order valence-corrected chi connectivity index (χ4v) is 3.57. The Balaban J connectivity index is 2.03. The lowest BCUT2D eigenvalue weighted by Crippen LogP contribution is -2.17. The number of anilines is 1. The topological polar surface area (TPSA) is 76.4 Å². The Hall–Kier alpha value is -2.41. The van der Waals surface area contributed by atoms with E-state index in [-0.39, 0.29) is 10.9 Å². The molecule has 7 heteroatoms. The number of para-hydroxylation sites is 1. The van der Waals surface area contributed by atoms with Gasteiger partial charge < -0.3 is 0 Å². The quantitative estimate of drug-likeness (QED) is 0.780. The Bertz CT molecular complexity index is 934. The van der Waals surface area contributed by atoms with E-state index in [1.807, 2.05) is 18.2 Å². The third-order valence-electron chi connectivity index (χ3n) is 3.87. The van der Waals surface area contributed by atoms with Gasteiger partial charge in [0, 0.05) is 6.20 Å². The van der Waals surface area contributed by atoms with Crippen molar-refractivity contribution in [1.29, 1.82) is 0 Å². The van der Waals surface area contributed by atoms with Crippen molar-refractivity contribution >= 4 is 21.4 Å². The molecule has 0 fully saturated rings. The molecule has 120 valence electrons. The summed E-state index contributed by atoms with van der Waals surface area (Å²) in [6.07, 6.45) is 3.77.